The minimum absolute atomic E-state index is 0.240. The highest BCUT2D eigenvalue weighted by Gasteiger charge is 2.36. The highest BCUT2D eigenvalue weighted by atomic mass is 79.9. The number of alkyl halides is 3. The third-order valence-electron chi connectivity index (χ3n) is 4.74. The van der Waals surface area contributed by atoms with Gasteiger partial charge in [-0.25, -0.2) is 4.39 Å². The Balaban J connectivity index is 1.71. The van der Waals surface area contributed by atoms with Crippen LogP contribution < -0.4 is 5.32 Å². The minimum atomic E-state index is -4.74. The van der Waals surface area contributed by atoms with E-state index in [0.29, 0.717) is 31.0 Å². The number of carbonyl (C=O) groups excluding carboxylic acids is 2. The second-order valence-corrected chi connectivity index (χ2v) is 7.60. The molecular weight excluding hydrogens is 456 g/mol. The van der Waals surface area contributed by atoms with Gasteiger partial charge >= 0.3 is 6.18 Å². The summed E-state index contributed by atoms with van der Waals surface area (Å²) < 4.78 is 53.3. The van der Waals surface area contributed by atoms with E-state index in [1.807, 2.05) is 0 Å². The lowest BCUT2D eigenvalue weighted by Crippen LogP contribution is -2.45. The molecule has 9 heteroatoms. The van der Waals surface area contributed by atoms with Crippen LogP contribution in [0.1, 0.15) is 34.3 Å². The Morgan fingerprint density at radius 3 is 2.48 bits per heavy atom. The van der Waals surface area contributed by atoms with E-state index in [1.165, 1.54) is 4.90 Å². The summed E-state index contributed by atoms with van der Waals surface area (Å²) in [6.07, 6.45) is -3.70. The Hall–Kier alpha value is -2.42. The van der Waals surface area contributed by atoms with Crippen LogP contribution in [0.15, 0.2) is 46.9 Å². The van der Waals surface area contributed by atoms with Gasteiger partial charge in [0.15, 0.2) is 0 Å². The largest absolute Gasteiger partial charge is 0.416 e. The standard InChI is InChI=1S/C20H17BrF4N2O2/c21-14-6-3-12(4-7-14)19(29)27-9-1-2-17(27)18(28)26-11-13-5-8-15(22)10-16(13)20(23,24)25/h3-8,10,17H,1-2,9,11H2,(H,26,28). The second-order valence-electron chi connectivity index (χ2n) is 6.68. The molecule has 0 spiro atoms. The number of rotatable bonds is 4. The van der Waals surface area contributed by atoms with Crippen molar-refractivity contribution >= 4 is 27.7 Å². The van der Waals surface area contributed by atoms with Gasteiger partial charge in [0.25, 0.3) is 5.91 Å². The van der Waals surface area contributed by atoms with Crippen LogP contribution in [0.2, 0.25) is 0 Å². The average Bonchev–Trinajstić information content (AvgIpc) is 3.16. The molecule has 1 atom stereocenters. The van der Waals surface area contributed by atoms with E-state index in [1.54, 1.807) is 24.3 Å². The average molecular weight is 473 g/mol. The van der Waals surface area contributed by atoms with Gasteiger partial charge in [0.1, 0.15) is 11.9 Å². The first-order valence-electron chi connectivity index (χ1n) is 8.86. The Labute approximate surface area is 173 Å². The summed E-state index contributed by atoms with van der Waals surface area (Å²) >= 11 is 3.29. The number of hydrogen-bond acceptors (Lipinski definition) is 2. The normalized spacial score (nSPS) is 16.7. The number of amides is 2. The van der Waals surface area contributed by atoms with Crippen molar-refractivity contribution in [2.45, 2.75) is 31.6 Å². The summed E-state index contributed by atoms with van der Waals surface area (Å²) in [5.41, 5.74) is -0.950. The lowest BCUT2D eigenvalue weighted by molar-refractivity contribution is -0.138. The van der Waals surface area contributed by atoms with Crippen molar-refractivity contribution in [3.05, 3.63) is 69.4 Å². The van der Waals surface area contributed by atoms with E-state index in [2.05, 4.69) is 21.2 Å². The van der Waals surface area contributed by atoms with Gasteiger partial charge < -0.3 is 10.2 Å². The van der Waals surface area contributed by atoms with Crippen molar-refractivity contribution in [2.24, 2.45) is 0 Å². The molecule has 0 bridgehead atoms. The monoisotopic (exact) mass is 472 g/mol. The number of hydrogen-bond donors (Lipinski definition) is 1. The van der Waals surface area contributed by atoms with Crippen LogP contribution in [-0.2, 0) is 17.5 Å². The number of benzene rings is 2. The zero-order valence-corrected chi connectivity index (χ0v) is 16.7. The van der Waals surface area contributed by atoms with Crippen molar-refractivity contribution in [1.82, 2.24) is 10.2 Å². The second kappa shape index (κ2) is 8.52. The number of carbonyl (C=O) groups is 2. The molecule has 1 heterocycles. The zero-order valence-electron chi connectivity index (χ0n) is 15.1. The smallest absolute Gasteiger partial charge is 0.350 e. The topological polar surface area (TPSA) is 49.4 Å². The Bertz CT molecular complexity index is 916. The first-order valence-corrected chi connectivity index (χ1v) is 9.66. The third kappa shape index (κ3) is 4.95. The third-order valence-corrected chi connectivity index (χ3v) is 5.27. The molecule has 29 heavy (non-hydrogen) atoms. The van der Waals surface area contributed by atoms with Gasteiger partial charge in [0, 0.05) is 23.1 Å². The molecule has 1 aliphatic heterocycles. The van der Waals surface area contributed by atoms with Gasteiger partial charge in [0.05, 0.1) is 5.56 Å². The molecule has 0 aromatic heterocycles. The lowest BCUT2D eigenvalue weighted by Gasteiger charge is -2.24. The van der Waals surface area contributed by atoms with E-state index in [-0.39, 0.29) is 11.5 Å². The van der Waals surface area contributed by atoms with E-state index < -0.39 is 36.1 Å². The highest BCUT2D eigenvalue weighted by Crippen LogP contribution is 2.32. The number of nitrogens with zero attached hydrogens (tertiary/aromatic N) is 1. The van der Waals surface area contributed by atoms with Crippen molar-refractivity contribution in [1.29, 1.82) is 0 Å². The molecule has 4 nitrogen and oxygen atoms in total. The quantitative estimate of drug-likeness (QED) is 0.664. The highest BCUT2D eigenvalue weighted by molar-refractivity contribution is 9.10. The summed E-state index contributed by atoms with van der Waals surface area (Å²) in [6, 6.07) is 8.24. The van der Waals surface area contributed by atoms with Crippen LogP contribution >= 0.6 is 15.9 Å². The Morgan fingerprint density at radius 1 is 1.14 bits per heavy atom. The molecule has 1 aliphatic rings. The first kappa shape index (κ1) is 21.3. The van der Waals surface area contributed by atoms with Gasteiger partial charge in [-0.1, -0.05) is 22.0 Å². The summed E-state index contributed by atoms with van der Waals surface area (Å²) in [6.45, 7) is -0.0257. The van der Waals surface area contributed by atoms with Crippen molar-refractivity contribution < 1.29 is 27.2 Å². The molecule has 3 rings (SSSR count). The molecule has 154 valence electrons. The molecule has 2 aromatic rings. The van der Waals surface area contributed by atoms with Gasteiger partial charge in [0.2, 0.25) is 5.91 Å². The van der Waals surface area contributed by atoms with E-state index in [4.69, 9.17) is 0 Å². The molecule has 0 saturated carbocycles. The number of halogens is 5. The predicted octanol–water partition coefficient (Wildman–Crippen LogP) is 4.53. The maximum absolute atomic E-state index is 13.2. The molecule has 0 aliphatic carbocycles. The van der Waals surface area contributed by atoms with Crippen LogP contribution in [-0.4, -0.2) is 29.3 Å². The van der Waals surface area contributed by atoms with Gasteiger partial charge in [-0.3, -0.25) is 9.59 Å². The van der Waals surface area contributed by atoms with E-state index in [9.17, 15) is 27.2 Å². The maximum Gasteiger partial charge on any atom is 0.416 e. The van der Waals surface area contributed by atoms with Gasteiger partial charge in [-0.15, -0.1) is 0 Å². The van der Waals surface area contributed by atoms with Crippen molar-refractivity contribution in [3.63, 3.8) is 0 Å². The van der Waals surface area contributed by atoms with E-state index in [0.717, 1.165) is 16.6 Å². The fourth-order valence-electron chi connectivity index (χ4n) is 3.31. The molecule has 1 fully saturated rings. The summed E-state index contributed by atoms with van der Waals surface area (Å²) in [5.74, 6) is -1.85. The number of likely N-dealkylation sites (tertiary alicyclic amines) is 1. The molecule has 1 unspecified atom stereocenters. The molecule has 2 aromatic carbocycles. The van der Waals surface area contributed by atoms with Crippen LogP contribution in [0.3, 0.4) is 0 Å². The van der Waals surface area contributed by atoms with E-state index >= 15 is 0 Å². The molecular formula is C20H17BrF4N2O2. The zero-order chi connectivity index (χ0) is 21.2. The predicted molar refractivity (Wildman–Crippen MR) is 101 cm³/mol. The fraction of sp³-hybridized carbons (Fsp3) is 0.300. The van der Waals surface area contributed by atoms with Crippen LogP contribution in [0, 0.1) is 5.82 Å². The first-order chi connectivity index (χ1) is 13.7. The van der Waals surface area contributed by atoms with Crippen LogP contribution in [0.5, 0.6) is 0 Å². The molecule has 1 N–H and O–H groups in total. The summed E-state index contributed by atoms with van der Waals surface area (Å²) in [5, 5.41) is 2.46. The molecule has 1 saturated heterocycles. The summed E-state index contributed by atoms with van der Waals surface area (Å²) in [7, 11) is 0. The van der Waals surface area contributed by atoms with Crippen LogP contribution in [0.4, 0.5) is 17.6 Å². The van der Waals surface area contributed by atoms with Crippen molar-refractivity contribution in [3.8, 4) is 0 Å². The van der Waals surface area contributed by atoms with Gasteiger partial charge in [-0.2, -0.15) is 13.2 Å². The molecule has 0 radical (unpaired) electrons. The van der Waals surface area contributed by atoms with Gasteiger partial charge in [-0.05, 0) is 54.8 Å². The Kier molecular flexibility index (Phi) is 6.26. The number of nitrogens with one attached hydrogen (secondary N) is 1. The van der Waals surface area contributed by atoms with Crippen LogP contribution in [0.25, 0.3) is 0 Å². The lowest BCUT2D eigenvalue weighted by atomic mass is 10.1. The molecule has 2 amide bonds. The van der Waals surface area contributed by atoms with Crippen molar-refractivity contribution in [2.75, 3.05) is 6.54 Å². The maximum atomic E-state index is 13.2. The summed E-state index contributed by atoms with van der Waals surface area (Å²) in [4.78, 5) is 26.7. The fourth-order valence-corrected chi connectivity index (χ4v) is 3.57. The minimum Gasteiger partial charge on any atom is -0.350 e. The Morgan fingerprint density at radius 2 is 1.83 bits per heavy atom. The SMILES string of the molecule is O=C(NCc1ccc(F)cc1C(F)(F)F)C1CCCN1C(=O)c1ccc(Br)cc1.